The van der Waals surface area contributed by atoms with Gasteiger partial charge in [0, 0.05) is 18.3 Å². The van der Waals surface area contributed by atoms with Crippen LogP contribution in [0, 0.1) is 13.8 Å². The molecule has 1 aromatic heterocycles. The highest BCUT2D eigenvalue weighted by Gasteiger charge is 2.24. The molecule has 2 N–H and O–H groups in total. The minimum Gasteiger partial charge on any atom is -0.467 e. The van der Waals surface area contributed by atoms with E-state index in [1.807, 2.05) is 62.4 Å². The number of pyridine rings is 1. The van der Waals surface area contributed by atoms with Crippen molar-refractivity contribution in [3.8, 4) is 0 Å². The second kappa shape index (κ2) is 9.69. The van der Waals surface area contributed by atoms with E-state index in [1.54, 1.807) is 18.3 Å². The minimum absolute atomic E-state index is 0.333. The summed E-state index contributed by atoms with van der Waals surface area (Å²) in [5.74, 6) is -0.477. The third-order valence-corrected chi connectivity index (χ3v) is 4.98. The number of rotatable bonds is 7. The number of anilines is 2. The maximum Gasteiger partial charge on any atom is 0.328 e. The first-order valence-corrected chi connectivity index (χ1v) is 9.70. The van der Waals surface area contributed by atoms with Gasteiger partial charge in [-0.15, -0.1) is 0 Å². The summed E-state index contributed by atoms with van der Waals surface area (Å²) < 4.78 is 4.89. The number of ether oxygens (including phenoxy) is 1. The zero-order valence-electron chi connectivity index (χ0n) is 17.3. The summed E-state index contributed by atoms with van der Waals surface area (Å²) in [6.07, 6.45) is 1.95. The molecule has 154 valence electrons. The minimum atomic E-state index is -0.807. The topological polar surface area (TPSA) is 80.3 Å². The molecule has 30 heavy (non-hydrogen) atoms. The van der Waals surface area contributed by atoms with E-state index in [1.165, 1.54) is 7.11 Å². The standard InChI is InChI=1S/C24H25N3O3/c1-16-9-7-13-20(17(16)2)26-22-19(12-8-14-25-22)23(28)27-21(24(29)30-3)15-18-10-5-4-6-11-18/h4-14,21H,15H2,1-3H3,(H,25,26)(H,27,28). The summed E-state index contributed by atoms with van der Waals surface area (Å²) in [7, 11) is 1.31. The fourth-order valence-electron chi connectivity index (χ4n) is 3.12. The first kappa shape index (κ1) is 21.0. The number of hydrogen-bond acceptors (Lipinski definition) is 5. The molecule has 0 aliphatic carbocycles. The van der Waals surface area contributed by atoms with Crippen LogP contribution in [-0.4, -0.2) is 30.0 Å². The van der Waals surface area contributed by atoms with Gasteiger partial charge in [-0.25, -0.2) is 9.78 Å². The first-order chi connectivity index (χ1) is 14.5. The Morgan fingerprint density at radius 2 is 1.77 bits per heavy atom. The van der Waals surface area contributed by atoms with Gasteiger partial charge in [0.1, 0.15) is 11.9 Å². The van der Waals surface area contributed by atoms with Crippen LogP contribution < -0.4 is 10.6 Å². The van der Waals surface area contributed by atoms with Crippen LogP contribution in [0.1, 0.15) is 27.0 Å². The Kier molecular flexibility index (Phi) is 6.80. The molecule has 0 fully saturated rings. The van der Waals surface area contributed by atoms with Gasteiger partial charge in [-0.05, 0) is 48.7 Å². The van der Waals surface area contributed by atoms with Crippen molar-refractivity contribution in [1.29, 1.82) is 0 Å². The first-order valence-electron chi connectivity index (χ1n) is 9.70. The molecule has 0 saturated carbocycles. The van der Waals surface area contributed by atoms with E-state index >= 15 is 0 Å². The number of methoxy groups -OCH3 is 1. The molecule has 0 bridgehead atoms. The van der Waals surface area contributed by atoms with Crippen molar-refractivity contribution in [3.05, 3.63) is 89.1 Å². The molecule has 6 heteroatoms. The van der Waals surface area contributed by atoms with Gasteiger partial charge >= 0.3 is 5.97 Å². The lowest BCUT2D eigenvalue weighted by Gasteiger charge is -2.18. The molecule has 0 radical (unpaired) electrons. The zero-order chi connectivity index (χ0) is 21.5. The highest BCUT2D eigenvalue weighted by atomic mass is 16.5. The lowest BCUT2D eigenvalue weighted by Crippen LogP contribution is -2.43. The van der Waals surface area contributed by atoms with Crippen LogP contribution >= 0.6 is 0 Å². The maximum absolute atomic E-state index is 13.0. The Bertz CT molecular complexity index is 1030. The predicted octanol–water partition coefficient (Wildman–Crippen LogP) is 3.96. The number of carbonyl (C=O) groups is 2. The van der Waals surface area contributed by atoms with Crippen molar-refractivity contribution in [2.24, 2.45) is 0 Å². The van der Waals surface area contributed by atoms with Gasteiger partial charge in [0.2, 0.25) is 0 Å². The second-order valence-corrected chi connectivity index (χ2v) is 7.01. The summed E-state index contributed by atoms with van der Waals surface area (Å²) in [5, 5.41) is 6.03. The van der Waals surface area contributed by atoms with Crippen LogP contribution in [0.25, 0.3) is 0 Å². The Morgan fingerprint density at radius 3 is 2.50 bits per heavy atom. The van der Waals surface area contributed by atoms with Crippen molar-refractivity contribution >= 4 is 23.4 Å². The predicted molar refractivity (Wildman–Crippen MR) is 117 cm³/mol. The molecule has 3 aromatic rings. The van der Waals surface area contributed by atoms with Crippen LogP contribution in [-0.2, 0) is 16.0 Å². The normalized spacial score (nSPS) is 11.4. The van der Waals surface area contributed by atoms with E-state index in [4.69, 9.17) is 4.74 Å². The van der Waals surface area contributed by atoms with Crippen LogP contribution in [0.4, 0.5) is 11.5 Å². The number of carbonyl (C=O) groups excluding carboxylic acids is 2. The molecule has 3 rings (SSSR count). The molecular formula is C24H25N3O3. The van der Waals surface area contributed by atoms with Crippen LogP contribution in [0.3, 0.4) is 0 Å². The Hall–Kier alpha value is -3.67. The lowest BCUT2D eigenvalue weighted by molar-refractivity contribution is -0.142. The quantitative estimate of drug-likeness (QED) is 0.584. The number of esters is 1. The van der Waals surface area contributed by atoms with Crippen LogP contribution in [0.15, 0.2) is 66.9 Å². The van der Waals surface area contributed by atoms with E-state index < -0.39 is 17.9 Å². The van der Waals surface area contributed by atoms with E-state index in [-0.39, 0.29) is 0 Å². The number of aromatic nitrogens is 1. The van der Waals surface area contributed by atoms with E-state index in [2.05, 4.69) is 15.6 Å². The molecule has 0 aliphatic rings. The lowest BCUT2D eigenvalue weighted by atomic mass is 10.1. The van der Waals surface area contributed by atoms with Crippen molar-refractivity contribution in [1.82, 2.24) is 10.3 Å². The summed E-state index contributed by atoms with van der Waals surface area (Å²) >= 11 is 0. The Balaban J connectivity index is 1.83. The third kappa shape index (κ3) is 5.03. The second-order valence-electron chi connectivity index (χ2n) is 7.01. The fourth-order valence-corrected chi connectivity index (χ4v) is 3.12. The molecule has 1 heterocycles. The van der Waals surface area contributed by atoms with Crippen molar-refractivity contribution in [2.45, 2.75) is 26.3 Å². The van der Waals surface area contributed by atoms with Gasteiger partial charge in [-0.2, -0.15) is 0 Å². The molecule has 0 aliphatic heterocycles. The summed E-state index contributed by atoms with van der Waals surface area (Å²) in [6, 6.07) is 17.9. The summed E-state index contributed by atoms with van der Waals surface area (Å²) in [5.41, 5.74) is 4.35. The number of hydrogen-bond donors (Lipinski definition) is 2. The number of nitrogens with one attached hydrogen (secondary N) is 2. The molecule has 0 saturated heterocycles. The van der Waals surface area contributed by atoms with Gasteiger partial charge in [0.15, 0.2) is 0 Å². The van der Waals surface area contributed by atoms with Crippen LogP contribution in [0.2, 0.25) is 0 Å². The monoisotopic (exact) mass is 403 g/mol. The largest absolute Gasteiger partial charge is 0.467 e. The fraction of sp³-hybridized carbons (Fsp3) is 0.208. The SMILES string of the molecule is COC(=O)C(Cc1ccccc1)NC(=O)c1cccnc1Nc1cccc(C)c1C. The van der Waals surface area contributed by atoms with Crippen molar-refractivity contribution in [3.63, 3.8) is 0 Å². The molecule has 1 amide bonds. The van der Waals surface area contributed by atoms with Gasteiger partial charge in [-0.3, -0.25) is 4.79 Å². The molecule has 6 nitrogen and oxygen atoms in total. The van der Waals surface area contributed by atoms with Crippen molar-refractivity contribution in [2.75, 3.05) is 12.4 Å². The summed E-state index contributed by atoms with van der Waals surface area (Å²) in [4.78, 5) is 29.6. The highest BCUT2D eigenvalue weighted by Crippen LogP contribution is 2.24. The number of nitrogens with zero attached hydrogens (tertiary/aromatic N) is 1. The Morgan fingerprint density at radius 1 is 1.00 bits per heavy atom. The number of amides is 1. The zero-order valence-corrected chi connectivity index (χ0v) is 17.3. The van der Waals surface area contributed by atoms with Gasteiger partial charge in [-0.1, -0.05) is 42.5 Å². The molecule has 1 atom stereocenters. The van der Waals surface area contributed by atoms with Gasteiger partial charge in [0.05, 0.1) is 12.7 Å². The smallest absolute Gasteiger partial charge is 0.328 e. The number of aryl methyl sites for hydroxylation is 1. The van der Waals surface area contributed by atoms with Crippen LogP contribution in [0.5, 0.6) is 0 Å². The average Bonchev–Trinajstić information content (AvgIpc) is 2.77. The number of benzene rings is 2. The van der Waals surface area contributed by atoms with Crippen molar-refractivity contribution < 1.29 is 14.3 Å². The molecule has 1 unspecified atom stereocenters. The maximum atomic E-state index is 13.0. The molecular weight excluding hydrogens is 378 g/mol. The van der Waals surface area contributed by atoms with E-state index in [0.717, 1.165) is 22.4 Å². The average molecular weight is 403 g/mol. The molecule has 0 spiro atoms. The third-order valence-electron chi connectivity index (χ3n) is 4.98. The molecule has 2 aromatic carbocycles. The van der Waals surface area contributed by atoms with Gasteiger partial charge in [0.25, 0.3) is 5.91 Å². The summed E-state index contributed by atoms with van der Waals surface area (Å²) in [6.45, 7) is 4.03. The van der Waals surface area contributed by atoms with E-state index in [9.17, 15) is 9.59 Å². The Labute approximate surface area is 176 Å². The van der Waals surface area contributed by atoms with E-state index in [0.29, 0.717) is 17.8 Å². The highest BCUT2D eigenvalue weighted by molar-refractivity contribution is 6.01. The van der Waals surface area contributed by atoms with Gasteiger partial charge < -0.3 is 15.4 Å².